The molecule has 0 aromatic carbocycles. The molecule has 5 heteroatoms. The SMILES string of the molecule is CC(C)[C@@H]1CC[C@@H](C)C[C@H]1OC(=O)/C=C1\C(C(=O)O[C@@H]2C[C@H](C)CC[C@H]2C(C)C)[C@H]2C=C[C@@H]1O2. The highest BCUT2D eigenvalue weighted by molar-refractivity contribution is 5.87. The minimum atomic E-state index is -0.557. The van der Waals surface area contributed by atoms with Gasteiger partial charge in [-0.05, 0) is 66.8 Å². The van der Waals surface area contributed by atoms with Crippen LogP contribution in [0.3, 0.4) is 0 Å². The fraction of sp³-hybridized carbons (Fsp3) is 0.793. The van der Waals surface area contributed by atoms with Crippen LogP contribution in [0.2, 0.25) is 0 Å². The van der Waals surface area contributed by atoms with Gasteiger partial charge in [-0.1, -0.05) is 66.5 Å². The molecule has 0 N–H and O–H groups in total. The predicted molar refractivity (Wildman–Crippen MR) is 132 cm³/mol. The third kappa shape index (κ3) is 5.45. The van der Waals surface area contributed by atoms with Crippen molar-refractivity contribution in [3.05, 3.63) is 23.8 Å². The molecule has 4 aliphatic rings. The molecule has 5 nitrogen and oxygen atoms in total. The van der Waals surface area contributed by atoms with Crippen LogP contribution in [0.25, 0.3) is 0 Å². The number of rotatable bonds is 6. The zero-order valence-electron chi connectivity index (χ0n) is 21.9. The molecule has 3 fully saturated rings. The molecule has 2 aliphatic heterocycles. The highest BCUT2D eigenvalue weighted by Crippen LogP contribution is 2.42. The molecule has 34 heavy (non-hydrogen) atoms. The number of fused-ring (bicyclic) bond motifs is 2. The highest BCUT2D eigenvalue weighted by Gasteiger charge is 2.48. The maximum absolute atomic E-state index is 13.4. The molecule has 2 saturated carbocycles. The molecule has 0 spiro atoms. The van der Waals surface area contributed by atoms with Crippen LogP contribution in [0.15, 0.2) is 23.8 Å². The first-order valence-electron chi connectivity index (χ1n) is 13.6. The van der Waals surface area contributed by atoms with E-state index in [2.05, 4.69) is 41.5 Å². The Morgan fingerprint density at radius 2 is 1.44 bits per heavy atom. The van der Waals surface area contributed by atoms with Gasteiger partial charge >= 0.3 is 11.9 Å². The number of hydrogen-bond donors (Lipinski definition) is 0. The largest absolute Gasteiger partial charge is 0.462 e. The number of ether oxygens (including phenoxy) is 3. The first-order chi connectivity index (χ1) is 16.1. The van der Waals surface area contributed by atoms with Crippen molar-refractivity contribution in [2.75, 3.05) is 0 Å². The van der Waals surface area contributed by atoms with Gasteiger partial charge in [-0.3, -0.25) is 4.79 Å². The summed E-state index contributed by atoms with van der Waals surface area (Å²) in [6.45, 7) is 13.3. The average Bonchev–Trinajstić information content (AvgIpc) is 3.35. The summed E-state index contributed by atoms with van der Waals surface area (Å²) in [5.74, 6) is 1.66. The summed E-state index contributed by atoms with van der Waals surface area (Å²) in [5.41, 5.74) is 0.692. The van der Waals surface area contributed by atoms with Crippen molar-refractivity contribution in [1.82, 2.24) is 0 Å². The van der Waals surface area contributed by atoms with Crippen LogP contribution in [-0.2, 0) is 23.8 Å². The number of carbonyl (C=O) groups is 2. The van der Waals surface area contributed by atoms with Crippen LogP contribution in [0.4, 0.5) is 0 Å². The molecule has 2 bridgehead atoms. The molecule has 2 aliphatic carbocycles. The molecule has 0 radical (unpaired) electrons. The van der Waals surface area contributed by atoms with Gasteiger partial charge in [0.15, 0.2) is 0 Å². The lowest BCUT2D eigenvalue weighted by Gasteiger charge is -2.37. The number of carbonyl (C=O) groups excluding carboxylic acids is 2. The van der Waals surface area contributed by atoms with E-state index < -0.39 is 5.92 Å². The molecule has 1 saturated heterocycles. The second kappa shape index (κ2) is 10.6. The fourth-order valence-corrected chi connectivity index (χ4v) is 6.70. The van der Waals surface area contributed by atoms with Gasteiger partial charge in [0, 0.05) is 6.08 Å². The molecule has 2 heterocycles. The second-order valence-electron chi connectivity index (χ2n) is 12.1. The van der Waals surface area contributed by atoms with Crippen molar-refractivity contribution >= 4 is 11.9 Å². The number of hydrogen-bond acceptors (Lipinski definition) is 5. The first kappa shape index (κ1) is 25.5. The topological polar surface area (TPSA) is 61.8 Å². The summed E-state index contributed by atoms with van der Waals surface area (Å²) in [5, 5.41) is 0. The van der Waals surface area contributed by atoms with Crippen LogP contribution in [0, 0.1) is 41.4 Å². The molecular formula is C29H44O5. The van der Waals surface area contributed by atoms with Gasteiger partial charge in [-0.15, -0.1) is 0 Å². The maximum Gasteiger partial charge on any atom is 0.331 e. The van der Waals surface area contributed by atoms with Gasteiger partial charge < -0.3 is 14.2 Å². The standard InChI is InChI=1S/C29H44O5/c1-16(2)20-9-7-18(5)13-25(20)33-27(30)15-22-23-11-12-24(32-23)28(22)29(31)34-26-14-19(6)8-10-21(26)17(3)4/h11-12,15-21,23-26,28H,7-10,13-14H2,1-6H3/b22-15-/t18-,19-,20+,21+,23+,24-,25-,26-,28?/m1/s1. The molecule has 1 unspecified atom stereocenters. The third-order valence-corrected chi connectivity index (χ3v) is 8.79. The predicted octanol–water partition coefficient (Wildman–Crippen LogP) is 5.87. The molecule has 9 atom stereocenters. The lowest BCUT2D eigenvalue weighted by atomic mass is 9.75. The summed E-state index contributed by atoms with van der Waals surface area (Å²) in [6, 6.07) is 0. The maximum atomic E-state index is 13.4. The fourth-order valence-electron chi connectivity index (χ4n) is 6.70. The van der Waals surface area contributed by atoms with Crippen molar-refractivity contribution < 1.29 is 23.8 Å². The molecule has 0 amide bonds. The van der Waals surface area contributed by atoms with E-state index in [0.717, 1.165) is 25.7 Å². The van der Waals surface area contributed by atoms with E-state index in [-0.39, 0.29) is 36.4 Å². The van der Waals surface area contributed by atoms with E-state index >= 15 is 0 Å². The molecule has 0 aromatic heterocycles. The normalized spacial score (nSPS) is 40.8. The summed E-state index contributed by atoms with van der Waals surface area (Å²) < 4.78 is 18.1. The van der Waals surface area contributed by atoms with E-state index in [0.29, 0.717) is 41.1 Å². The Labute approximate surface area is 205 Å². The minimum Gasteiger partial charge on any atom is -0.462 e. The smallest absolute Gasteiger partial charge is 0.331 e. The van der Waals surface area contributed by atoms with E-state index in [4.69, 9.17) is 14.2 Å². The van der Waals surface area contributed by atoms with Gasteiger partial charge in [0.2, 0.25) is 0 Å². The second-order valence-corrected chi connectivity index (χ2v) is 12.1. The van der Waals surface area contributed by atoms with Crippen LogP contribution in [0.5, 0.6) is 0 Å². The average molecular weight is 473 g/mol. The van der Waals surface area contributed by atoms with Crippen LogP contribution in [-0.4, -0.2) is 36.4 Å². The summed E-state index contributed by atoms with van der Waals surface area (Å²) >= 11 is 0. The third-order valence-electron chi connectivity index (χ3n) is 8.79. The lowest BCUT2D eigenvalue weighted by Crippen LogP contribution is -2.39. The van der Waals surface area contributed by atoms with E-state index in [1.54, 1.807) is 0 Å². The summed E-state index contributed by atoms with van der Waals surface area (Å²) in [7, 11) is 0. The van der Waals surface area contributed by atoms with Gasteiger partial charge in [0.1, 0.15) is 18.1 Å². The first-order valence-corrected chi connectivity index (χ1v) is 13.6. The Hall–Kier alpha value is -1.62. The minimum absolute atomic E-state index is 0.0657. The molecule has 190 valence electrons. The van der Waals surface area contributed by atoms with E-state index in [1.165, 1.54) is 18.9 Å². The van der Waals surface area contributed by atoms with Gasteiger partial charge in [0.05, 0.1) is 12.2 Å². The van der Waals surface area contributed by atoms with Crippen LogP contribution >= 0.6 is 0 Å². The monoisotopic (exact) mass is 472 g/mol. The quantitative estimate of drug-likeness (QED) is 0.275. The van der Waals surface area contributed by atoms with Crippen molar-refractivity contribution in [1.29, 1.82) is 0 Å². The zero-order chi connectivity index (χ0) is 24.6. The van der Waals surface area contributed by atoms with Crippen molar-refractivity contribution in [2.45, 2.75) is 104 Å². The highest BCUT2D eigenvalue weighted by atomic mass is 16.6. The Morgan fingerprint density at radius 1 is 0.882 bits per heavy atom. The van der Waals surface area contributed by atoms with Crippen molar-refractivity contribution in [3.63, 3.8) is 0 Å². The molecule has 4 rings (SSSR count). The summed E-state index contributed by atoms with van der Waals surface area (Å²) in [4.78, 5) is 26.4. The Bertz CT molecular complexity index is 811. The van der Waals surface area contributed by atoms with E-state index in [9.17, 15) is 9.59 Å². The van der Waals surface area contributed by atoms with Gasteiger partial charge in [0.25, 0.3) is 0 Å². The Kier molecular flexibility index (Phi) is 7.91. The van der Waals surface area contributed by atoms with Crippen LogP contribution < -0.4 is 0 Å². The summed E-state index contributed by atoms with van der Waals surface area (Å²) in [6.07, 6.45) is 10.9. The van der Waals surface area contributed by atoms with Gasteiger partial charge in [-0.25, -0.2) is 4.79 Å². The molecular weight excluding hydrogens is 428 g/mol. The molecule has 0 aromatic rings. The van der Waals surface area contributed by atoms with Crippen molar-refractivity contribution in [2.24, 2.45) is 41.4 Å². The Balaban J connectivity index is 1.47. The Morgan fingerprint density at radius 3 is 2.00 bits per heavy atom. The van der Waals surface area contributed by atoms with E-state index in [1.807, 2.05) is 12.2 Å². The van der Waals surface area contributed by atoms with Crippen molar-refractivity contribution in [3.8, 4) is 0 Å². The number of esters is 2. The van der Waals surface area contributed by atoms with Gasteiger partial charge in [-0.2, -0.15) is 0 Å². The lowest BCUT2D eigenvalue weighted by molar-refractivity contribution is -0.160. The van der Waals surface area contributed by atoms with Crippen LogP contribution in [0.1, 0.15) is 80.1 Å². The zero-order valence-corrected chi connectivity index (χ0v) is 21.9.